The fraction of sp³-hybridized carbons (Fsp3) is 0.231. The summed E-state index contributed by atoms with van der Waals surface area (Å²) in [6, 6.07) is 9.72. The van der Waals surface area contributed by atoms with Crippen molar-refractivity contribution < 1.29 is 9.59 Å². The summed E-state index contributed by atoms with van der Waals surface area (Å²) in [6.45, 7) is 1.78. The van der Waals surface area contributed by atoms with Crippen LogP contribution in [-0.4, -0.2) is 11.6 Å². The third-order valence-electron chi connectivity index (χ3n) is 2.45. The van der Waals surface area contributed by atoms with Crippen molar-refractivity contribution in [1.82, 2.24) is 0 Å². The molecule has 1 aromatic carbocycles. The number of carbonyl (C=O) groups excluding carboxylic acids is 2. The Labute approximate surface area is 97.9 Å². The highest BCUT2D eigenvalue weighted by molar-refractivity contribution is 7.20. The predicted molar refractivity (Wildman–Crippen MR) is 66.1 cm³/mol. The van der Waals surface area contributed by atoms with E-state index in [2.05, 4.69) is 0 Å². The van der Waals surface area contributed by atoms with E-state index in [1.807, 2.05) is 30.3 Å². The van der Waals surface area contributed by atoms with Gasteiger partial charge in [0.15, 0.2) is 5.78 Å². The fourth-order valence-corrected chi connectivity index (χ4v) is 2.51. The summed E-state index contributed by atoms with van der Waals surface area (Å²) >= 11 is 1.46. The smallest absolute Gasteiger partial charge is 0.180 e. The molecular formula is C13H12O2S. The van der Waals surface area contributed by atoms with Gasteiger partial charge >= 0.3 is 0 Å². The van der Waals surface area contributed by atoms with Crippen molar-refractivity contribution in [3.63, 3.8) is 0 Å². The lowest BCUT2D eigenvalue weighted by Crippen LogP contribution is -2.05. The maximum Gasteiger partial charge on any atom is 0.180 e. The molecule has 0 fully saturated rings. The van der Waals surface area contributed by atoms with Gasteiger partial charge in [0.1, 0.15) is 5.78 Å². The normalized spacial score (nSPS) is 10.6. The fourth-order valence-electron chi connectivity index (χ4n) is 1.51. The lowest BCUT2D eigenvalue weighted by Gasteiger charge is -1.93. The Bertz CT molecular complexity index is 507. The maximum absolute atomic E-state index is 11.8. The van der Waals surface area contributed by atoms with Crippen LogP contribution in [0.15, 0.2) is 30.3 Å². The summed E-state index contributed by atoms with van der Waals surface area (Å²) in [4.78, 5) is 23.7. The Hall–Kier alpha value is -1.48. The third kappa shape index (κ3) is 2.19. The molecule has 0 saturated heterocycles. The Morgan fingerprint density at radius 2 is 2.00 bits per heavy atom. The summed E-state index contributed by atoms with van der Waals surface area (Å²) in [5, 5.41) is 1.07. The standard InChI is InChI=1S/C13H12O2S/c1-2-10(14)8-11(15)13-7-9-5-3-4-6-12(9)16-13/h3-7H,2,8H2,1H3. The van der Waals surface area contributed by atoms with Crippen molar-refractivity contribution in [2.75, 3.05) is 0 Å². The minimum atomic E-state index is -0.0620. The molecule has 1 heterocycles. The summed E-state index contributed by atoms with van der Waals surface area (Å²) in [7, 11) is 0. The molecule has 0 spiro atoms. The van der Waals surface area contributed by atoms with Crippen molar-refractivity contribution in [2.45, 2.75) is 19.8 Å². The topological polar surface area (TPSA) is 34.1 Å². The van der Waals surface area contributed by atoms with E-state index < -0.39 is 0 Å². The second kappa shape index (κ2) is 4.58. The number of rotatable bonds is 4. The molecule has 82 valence electrons. The van der Waals surface area contributed by atoms with Crippen molar-refractivity contribution in [2.24, 2.45) is 0 Å². The number of benzene rings is 1. The summed E-state index contributed by atoms with van der Waals surface area (Å²) in [5.41, 5.74) is 0. The average Bonchev–Trinajstić information content (AvgIpc) is 2.72. The summed E-state index contributed by atoms with van der Waals surface area (Å²) in [6.07, 6.45) is 0.458. The first kappa shape index (κ1) is 11.0. The Morgan fingerprint density at radius 3 is 2.69 bits per heavy atom. The van der Waals surface area contributed by atoms with Crippen LogP contribution in [0, 0.1) is 0 Å². The van der Waals surface area contributed by atoms with Gasteiger partial charge in [-0.05, 0) is 17.5 Å². The molecule has 3 heteroatoms. The van der Waals surface area contributed by atoms with Crippen LogP contribution in [0.1, 0.15) is 29.4 Å². The van der Waals surface area contributed by atoms with Gasteiger partial charge in [-0.2, -0.15) is 0 Å². The average molecular weight is 232 g/mol. The minimum absolute atomic E-state index is 0.00227. The number of fused-ring (bicyclic) bond motifs is 1. The molecular weight excluding hydrogens is 220 g/mol. The number of Topliss-reactive ketones (excluding diaryl/α,β-unsaturated/α-hetero) is 2. The minimum Gasteiger partial charge on any atom is -0.299 e. The molecule has 0 amide bonds. The molecule has 2 rings (SSSR count). The molecule has 0 bridgehead atoms. The van der Waals surface area contributed by atoms with Crippen LogP contribution < -0.4 is 0 Å². The number of thiophene rings is 1. The Balaban J connectivity index is 2.26. The van der Waals surface area contributed by atoms with Crippen molar-refractivity contribution in [1.29, 1.82) is 0 Å². The highest BCUT2D eigenvalue weighted by Crippen LogP contribution is 2.26. The lowest BCUT2D eigenvalue weighted by molar-refractivity contribution is -0.117. The number of hydrogen-bond donors (Lipinski definition) is 0. The van der Waals surface area contributed by atoms with E-state index in [9.17, 15) is 9.59 Å². The van der Waals surface area contributed by atoms with Gasteiger partial charge in [0, 0.05) is 11.1 Å². The molecule has 0 aliphatic heterocycles. The first-order chi connectivity index (χ1) is 7.70. The van der Waals surface area contributed by atoms with Gasteiger partial charge in [0.05, 0.1) is 11.3 Å². The summed E-state index contributed by atoms with van der Waals surface area (Å²) < 4.78 is 1.09. The van der Waals surface area contributed by atoms with Gasteiger partial charge in [-0.15, -0.1) is 11.3 Å². The molecule has 0 N–H and O–H groups in total. The zero-order valence-corrected chi connectivity index (χ0v) is 9.84. The largest absolute Gasteiger partial charge is 0.299 e. The number of carbonyl (C=O) groups is 2. The van der Waals surface area contributed by atoms with Crippen LogP contribution in [0.25, 0.3) is 10.1 Å². The van der Waals surface area contributed by atoms with Crippen LogP contribution in [0.5, 0.6) is 0 Å². The zero-order chi connectivity index (χ0) is 11.5. The molecule has 0 aliphatic rings. The molecule has 0 aliphatic carbocycles. The van der Waals surface area contributed by atoms with Crippen molar-refractivity contribution >= 4 is 33.0 Å². The van der Waals surface area contributed by atoms with E-state index in [4.69, 9.17) is 0 Å². The first-order valence-corrected chi connectivity index (χ1v) is 6.06. The zero-order valence-electron chi connectivity index (χ0n) is 9.03. The van der Waals surface area contributed by atoms with E-state index in [1.165, 1.54) is 11.3 Å². The van der Waals surface area contributed by atoms with Crippen LogP contribution in [0.2, 0.25) is 0 Å². The molecule has 2 aromatic rings. The first-order valence-electron chi connectivity index (χ1n) is 5.24. The molecule has 1 aromatic heterocycles. The van der Waals surface area contributed by atoms with Crippen LogP contribution in [-0.2, 0) is 4.79 Å². The quantitative estimate of drug-likeness (QED) is 0.597. The van der Waals surface area contributed by atoms with Gasteiger partial charge in [-0.1, -0.05) is 25.1 Å². The Morgan fingerprint density at radius 1 is 1.25 bits per heavy atom. The van der Waals surface area contributed by atoms with Crippen LogP contribution >= 0.6 is 11.3 Å². The SMILES string of the molecule is CCC(=O)CC(=O)c1cc2ccccc2s1. The van der Waals surface area contributed by atoms with E-state index >= 15 is 0 Å². The third-order valence-corrected chi connectivity index (χ3v) is 3.61. The van der Waals surface area contributed by atoms with Gasteiger partial charge in [-0.25, -0.2) is 0 Å². The Kier molecular flexibility index (Phi) is 3.15. The molecule has 2 nitrogen and oxygen atoms in total. The maximum atomic E-state index is 11.8. The van der Waals surface area contributed by atoms with Crippen molar-refractivity contribution in [3.8, 4) is 0 Å². The van der Waals surface area contributed by atoms with Crippen LogP contribution in [0.3, 0.4) is 0 Å². The van der Waals surface area contributed by atoms with Gasteiger partial charge < -0.3 is 0 Å². The molecule has 0 saturated carbocycles. The van der Waals surface area contributed by atoms with Gasteiger partial charge in [0.2, 0.25) is 0 Å². The van der Waals surface area contributed by atoms with Gasteiger partial charge in [0.25, 0.3) is 0 Å². The number of ketones is 2. The second-order valence-corrected chi connectivity index (χ2v) is 4.72. The van der Waals surface area contributed by atoms with Crippen LogP contribution in [0.4, 0.5) is 0 Å². The molecule has 0 atom stereocenters. The highest BCUT2D eigenvalue weighted by Gasteiger charge is 2.13. The lowest BCUT2D eigenvalue weighted by atomic mass is 10.1. The van der Waals surface area contributed by atoms with E-state index in [-0.39, 0.29) is 18.0 Å². The summed E-state index contributed by atoms with van der Waals surface area (Å²) in [5.74, 6) is -0.0597. The predicted octanol–water partition coefficient (Wildman–Crippen LogP) is 3.45. The van der Waals surface area contributed by atoms with E-state index in [1.54, 1.807) is 6.92 Å². The van der Waals surface area contributed by atoms with E-state index in [0.29, 0.717) is 11.3 Å². The molecule has 0 unspecified atom stereocenters. The monoisotopic (exact) mass is 232 g/mol. The van der Waals surface area contributed by atoms with E-state index in [0.717, 1.165) is 10.1 Å². The molecule has 16 heavy (non-hydrogen) atoms. The van der Waals surface area contributed by atoms with Crippen molar-refractivity contribution in [3.05, 3.63) is 35.2 Å². The van der Waals surface area contributed by atoms with Gasteiger partial charge in [-0.3, -0.25) is 9.59 Å². The molecule has 0 radical (unpaired) electrons. The number of hydrogen-bond acceptors (Lipinski definition) is 3. The second-order valence-electron chi connectivity index (χ2n) is 3.64. The highest BCUT2D eigenvalue weighted by atomic mass is 32.1.